The number of sulfonamides is 1. The lowest BCUT2D eigenvalue weighted by Crippen LogP contribution is -2.60. The fourth-order valence-electron chi connectivity index (χ4n) is 3.00. The summed E-state index contributed by atoms with van der Waals surface area (Å²) in [5, 5.41) is 46.4. The van der Waals surface area contributed by atoms with E-state index < -0.39 is 63.1 Å². The van der Waals surface area contributed by atoms with Gasteiger partial charge in [0, 0.05) is 0 Å². The summed E-state index contributed by atoms with van der Waals surface area (Å²) in [6.07, 6.45) is -8.64. The molecule has 0 radical (unpaired) electrons. The van der Waals surface area contributed by atoms with Crippen molar-refractivity contribution in [3.05, 3.63) is 46.9 Å². The maximum Gasteiger partial charge on any atom is 0.342 e. The molecule has 15 heteroatoms. The molecule has 2 aromatic rings. The van der Waals surface area contributed by atoms with Crippen LogP contribution in [-0.4, -0.2) is 71.5 Å². The zero-order chi connectivity index (χ0) is 24.5. The lowest BCUT2D eigenvalue weighted by atomic mass is 9.99. The summed E-state index contributed by atoms with van der Waals surface area (Å²) in [6.45, 7) is 0.0485. The maximum absolute atomic E-state index is 12.8. The molecule has 5 atom stereocenters. The molecule has 3 rings (SSSR count). The highest BCUT2D eigenvalue weighted by Crippen LogP contribution is 2.31. The number of ether oxygens (including phenoxy) is 2. The number of esters is 1. The van der Waals surface area contributed by atoms with Crippen LogP contribution in [0.15, 0.2) is 39.8 Å². The van der Waals surface area contributed by atoms with E-state index in [1.54, 1.807) is 12.1 Å². The van der Waals surface area contributed by atoms with Gasteiger partial charge in [0.05, 0.1) is 29.1 Å². The number of aliphatic hydroxyl groups excluding tert-OH is 3. The van der Waals surface area contributed by atoms with Crippen LogP contribution in [0.2, 0.25) is 5.02 Å². The molecule has 180 valence electrons. The lowest BCUT2D eigenvalue weighted by molar-refractivity contribution is -0.278. The lowest BCUT2D eigenvalue weighted by Gasteiger charge is -2.38. The van der Waals surface area contributed by atoms with E-state index in [-0.39, 0.29) is 17.3 Å². The Kier molecular flexibility index (Phi) is 7.28. The third kappa shape index (κ3) is 5.44. The van der Waals surface area contributed by atoms with Crippen molar-refractivity contribution in [2.45, 2.75) is 42.1 Å². The van der Waals surface area contributed by atoms with Gasteiger partial charge >= 0.3 is 11.9 Å². The number of nitrogens with one attached hydrogen (secondary N) is 1. The molecule has 7 N–H and O–H groups in total. The minimum atomic E-state index is -4.36. The number of carboxylic acids is 1. The second-order valence-corrected chi connectivity index (χ2v) is 8.88. The van der Waals surface area contributed by atoms with Crippen LogP contribution >= 0.6 is 11.6 Å². The highest BCUT2D eigenvalue weighted by Gasteiger charge is 2.48. The van der Waals surface area contributed by atoms with Crippen molar-refractivity contribution in [1.29, 1.82) is 0 Å². The standard InChI is InChI=1S/C18H19ClN2O11S/c19-9-5-10(21-6-7-2-1-3-30-7)8(4-11(9)33(20,28)29)17(27)32-18-14(24)12(22)13(23)15(31-18)16(25)26/h1-5,12-15,18,21-24H,6H2,(H,25,26)(H2,20,28,29)/t12-,13+,14+,15+,18+/m1/s1. The van der Waals surface area contributed by atoms with Crippen LogP contribution in [0.3, 0.4) is 0 Å². The monoisotopic (exact) mass is 506 g/mol. The van der Waals surface area contributed by atoms with Gasteiger partial charge in [0.25, 0.3) is 0 Å². The molecule has 1 aliphatic rings. The van der Waals surface area contributed by atoms with Gasteiger partial charge in [-0.05, 0) is 24.3 Å². The van der Waals surface area contributed by atoms with Gasteiger partial charge < -0.3 is 39.6 Å². The molecule has 0 unspecified atom stereocenters. The number of aliphatic hydroxyl groups is 3. The smallest absolute Gasteiger partial charge is 0.342 e. The highest BCUT2D eigenvalue weighted by atomic mass is 35.5. The Morgan fingerprint density at radius 3 is 2.45 bits per heavy atom. The predicted octanol–water partition coefficient (Wildman–Crippen LogP) is -0.758. The number of aliphatic carboxylic acids is 1. The van der Waals surface area contributed by atoms with Gasteiger partial charge in [0.15, 0.2) is 6.10 Å². The van der Waals surface area contributed by atoms with E-state index in [9.17, 15) is 33.3 Å². The zero-order valence-electron chi connectivity index (χ0n) is 16.5. The Labute approximate surface area is 191 Å². The second-order valence-electron chi connectivity index (χ2n) is 6.95. The Hall–Kier alpha value is -2.72. The minimum absolute atomic E-state index is 0.0190. The van der Waals surface area contributed by atoms with Crippen molar-refractivity contribution < 1.29 is 52.3 Å². The van der Waals surface area contributed by atoms with Gasteiger partial charge in [-0.3, -0.25) is 0 Å². The number of halogens is 1. The first kappa shape index (κ1) is 24.9. The van der Waals surface area contributed by atoms with E-state index in [0.29, 0.717) is 5.76 Å². The largest absolute Gasteiger partial charge is 0.479 e. The number of carboxylic acid groups (broad SMARTS) is 1. The van der Waals surface area contributed by atoms with Crippen molar-refractivity contribution >= 4 is 39.3 Å². The number of rotatable bonds is 7. The van der Waals surface area contributed by atoms with Gasteiger partial charge in [0.2, 0.25) is 16.3 Å². The minimum Gasteiger partial charge on any atom is -0.479 e. The average molecular weight is 507 g/mol. The normalized spacial score (nSPS) is 25.4. The molecule has 33 heavy (non-hydrogen) atoms. The number of nitrogens with two attached hydrogens (primary N) is 1. The van der Waals surface area contributed by atoms with Gasteiger partial charge in [-0.15, -0.1) is 0 Å². The number of furan rings is 1. The first-order valence-electron chi connectivity index (χ1n) is 9.16. The Bertz CT molecular complexity index is 1140. The quantitative estimate of drug-likeness (QED) is 0.255. The third-order valence-corrected chi connectivity index (χ3v) is 6.04. The number of primary sulfonamides is 1. The molecule has 1 aliphatic heterocycles. The van der Waals surface area contributed by atoms with Gasteiger partial charge in [-0.2, -0.15) is 0 Å². The van der Waals surface area contributed by atoms with Crippen LogP contribution in [0.1, 0.15) is 16.1 Å². The molecule has 2 heterocycles. The van der Waals surface area contributed by atoms with E-state index in [0.717, 1.165) is 12.1 Å². The molecule has 0 amide bonds. The van der Waals surface area contributed by atoms with Crippen molar-refractivity contribution in [3.8, 4) is 0 Å². The van der Waals surface area contributed by atoms with Crippen LogP contribution in [0.25, 0.3) is 0 Å². The molecule has 1 aromatic heterocycles. The zero-order valence-corrected chi connectivity index (χ0v) is 18.1. The van der Waals surface area contributed by atoms with Crippen LogP contribution in [0, 0.1) is 0 Å². The Morgan fingerprint density at radius 2 is 1.88 bits per heavy atom. The molecule has 0 aliphatic carbocycles. The summed E-state index contributed by atoms with van der Waals surface area (Å²) in [5.41, 5.74) is -0.437. The first-order valence-corrected chi connectivity index (χ1v) is 11.1. The molecule has 13 nitrogen and oxygen atoms in total. The Balaban J connectivity index is 1.93. The predicted molar refractivity (Wildman–Crippen MR) is 109 cm³/mol. The second kappa shape index (κ2) is 9.64. The van der Waals surface area contributed by atoms with E-state index in [2.05, 4.69) is 5.32 Å². The molecule has 1 fully saturated rings. The van der Waals surface area contributed by atoms with Crippen molar-refractivity contribution in [3.63, 3.8) is 0 Å². The molecule has 1 saturated heterocycles. The van der Waals surface area contributed by atoms with Gasteiger partial charge in [-0.1, -0.05) is 11.6 Å². The number of carbonyl (C=O) groups is 2. The number of anilines is 1. The van der Waals surface area contributed by atoms with E-state index in [4.69, 9.17) is 35.7 Å². The molecular formula is C18H19ClN2O11S. The SMILES string of the molecule is NS(=O)(=O)c1cc(C(=O)O[C@@H]2O[C@H](C(=O)O)[C@@H](O)[C@@H](O)[C@@H]2O)c(NCc2ccco2)cc1Cl. The van der Waals surface area contributed by atoms with E-state index in [1.807, 2.05) is 0 Å². The molecule has 1 aromatic carbocycles. The van der Waals surface area contributed by atoms with Crippen LogP contribution in [0.5, 0.6) is 0 Å². The maximum atomic E-state index is 12.8. The summed E-state index contributed by atoms with van der Waals surface area (Å²) >= 11 is 5.99. The summed E-state index contributed by atoms with van der Waals surface area (Å²) < 4.78 is 38.7. The van der Waals surface area contributed by atoms with Crippen LogP contribution < -0.4 is 10.5 Å². The van der Waals surface area contributed by atoms with Gasteiger partial charge in [-0.25, -0.2) is 23.1 Å². The molecular weight excluding hydrogens is 488 g/mol. The summed E-state index contributed by atoms with van der Waals surface area (Å²) in [7, 11) is -4.36. The fourth-order valence-corrected chi connectivity index (χ4v) is 4.10. The number of carbonyl (C=O) groups excluding carboxylic acids is 1. The summed E-state index contributed by atoms with van der Waals surface area (Å²) in [4.78, 5) is 23.5. The molecule has 0 bridgehead atoms. The third-order valence-electron chi connectivity index (χ3n) is 4.67. The summed E-state index contributed by atoms with van der Waals surface area (Å²) in [5.74, 6) is -2.51. The fraction of sp³-hybridized carbons (Fsp3) is 0.333. The van der Waals surface area contributed by atoms with Crippen LogP contribution in [-0.2, 0) is 30.8 Å². The number of benzene rings is 1. The number of hydrogen-bond donors (Lipinski definition) is 6. The van der Waals surface area contributed by atoms with E-state index in [1.165, 1.54) is 6.26 Å². The van der Waals surface area contributed by atoms with Crippen molar-refractivity contribution in [2.24, 2.45) is 5.14 Å². The van der Waals surface area contributed by atoms with Gasteiger partial charge in [0.1, 0.15) is 29.0 Å². The highest BCUT2D eigenvalue weighted by molar-refractivity contribution is 7.89. The van der Waals surface area contributed by atoms with Crippen LogP contribution in [0.4, 0.5) is 5.69 Å². The van der Waals surface area contributed by atoms with Crippen molar-refractivity contribution in [1.82, 2.24) is 0 Å². The number of hydrogen-bond acceptors (Lipinski definition) is 11. The molecule has 0 saturated carbocycles. The summed E-state index contributed by atoms with van der Waals surface area (Å²) in [6, 6.07) is 5.15. The average Bonchev–Trinajstić information content (AvgIpc) is 3.25. The van der Waals surface area contributed by atoms with Crippen molar-refractivity contribution in [2.75, 3.05) is 5.32 Å². The first-order chi connectivity index (χ1) is 15.4. The van der Waals surface area contributed by atoms with E-state index >= 15 is 0 Å². The molecule has 0 spiro atoms. The Morgan fingerprint density at radius 1 is 1.18 bits per heavy atom. The topological polar surface area (TPSA) is 219 Å².